The highest BCUT2D eigenvalue weighted by molar-refractivity contribution is 7.99. The minimum atomic E-state index is -3.56. The molecule has 21 rings (SSSR count). The molecule has 14 unspecified atom stereocenters. The van der Waals surface area contributed by atoms with Crippen LogP contribution in [0, 0.1) is 5.92 Å². The predicted molar refractivity (Wildman–Crippen MR) is 371 cm³/mol. The van der Waals surface area contributed by atoms with Gasteiger partial charge >= 0.3 is 5.97 Å². The Labute approximate surface area is 649 Å². The van der Waals surface area contributed by atoms with Gasteiger partial charge in [0, 0.05) is 66.9 Å². The van der Waals surface area contributed by atoms with Crippen molar-refractivity contribution in [3.05, 3.63) is 0 Å². The van der Waals surface area contributed by atoms with E-state index in [2.05, 4.69) is 41.2 Å². The number of rotatable bonds is 31. The van der Waals surface area contributed by atoms with E-state index in [0.717, 1.165) is 23.5 Å². The minimum absolute atomic E-state index is 0.0602. The summed E-state index contributed by atoms with van der Waals surface area (Å²) >= 11 is 10.1. The molecule has 638 valence electrons. The molecule has 2 amide bonds. The number of hydrogen-bond donors (Lipinski definition) is 25. The Morgan fingerprint density at radius 2 is 0.736 bits per heavy atom. The minimum Gasteiger partial charge on any atom is -0.394 e. The molecule has 0 saturated carbocycles. The van der Waals surface area contributed by atoms with E-state index in [1.54, 1.807) is 0 Å². The summed E-state index contributed by atoms with van der Waals surface area (Å²) in [5, 5.41) is 239. The van der Waals surface area contributed by atoms with Gasteiger partial charge in [0.15, 0.2) is 43.8 Å². The highest BCUT2D eigenvalue weighted by Gasteiger charge is 2.63. The zero-order valence-corrected chi connectivity index (χ0v) is 63.2. The summed E-state index contributed by atoms with van der Waals surface area (Å²) in [5.74, 6) is -6.79. The molecule has 47 heteroatoms. The van der Waals surface area contributed by atoms with Crippen molar-refractivity contribution in [1.82, 2.24) is 16.0 Å². The first-order chi connectivity index (χ1) is 52.4. The summed E-state index contributed by atoms with van der Waals surface area (Å²) in [6.07, 6.45) is -72.9. The molecule has 37 atom stereocenters. The molecule has 14 bridgehead atoms. The third kappa shape index (κ3) is 23.2. The highest BCUT2D eigenvalue weighted by Crippen LogP contribution is 2.42. The molecule has 23 N–H and O–H groups in total. The van der Waals surface area contributed by atoms with Crippen LogP contribution in [0.4, 0.5) is 0 Å². The Morgan fingerprint density at radius 1 is 0.409 bits per heavy atom. The smallest absolute Gasteiger partial charge is 0.311 e. The van der Waals surface area contributed by atoms with Gasteiger partial charge in [-0.2, -0.15) is 48.8 Å². The van der Waals surface area contributed by atoms with Crippen LogP contribution in [-0.4, -0.2) is 460 Å². The van der Waals surface area contributed by atoms with Gasteiger partial charge in [-0.1, -0.05) is 0 Å². The van der Waals surface area contributed by atoms with E-state index < -0.39 is 289 Å². The maximum atomic E-state index is 13.7. The number of aliphatic hydroxyl groups is 20. The summed E-state index contributed by atoms with van der Waals surface area (Å²) in [6.45, 7) is -3.73. The third-order valence-electron chi connectivity index (χ3n) is 19.5. The van der Waals surface area contributed by atoms with Crippen LogP contribution in [0.5, 0.6) is 0 Å². The fraction of sp³-hybridized carbons (Fsp3) is 0.937. The van der Waals surface area contributed by atoms with Crippen LogP contribution in [0.1, 0.15) is 26.2 Å². The van der Waals surface area contributed by atoms with Crippen molar-refractivity contribution in [3.8, 4) is 0 Å². The fourth-order valence-electron chi connectivity index (χ4n) is 13.3. The normalized spacial score (nSPS) is 43.4. The van der Waals surface area contributed by atoms with Crippen LogP contribution in [-0.2, 0) is 95.0 Å². The number of aliphatic hydroxyl groups excluding tert-OH is 19. The second kappa shape index (κ2) is 44.3. The quantitative estimate of drug-likeness (QED) is 0.0226. The van der Waals surface area contributed by atoms with Gasteiger partial charge in [-0.15, -0.1) is 0 Å². The number of Topliss-reactive ketones (excluding diaryl/α,β-unsaturated/α-hetero) is 2. The molecule has 110 heavy (non-hydrogen) atoms. The summed E-state index contributed by atoms with van der Waals surface area (Å²) in [5.41, 5.74) is 0. The SMILES string of the molecule is CN[C@H](CSCC1O[C@H]2O[C@H]3C(CO)O[C@@H](O[C@H]4C(CO)O[C@@H](O[C@H]5C(CO)O[C@@H](O[C@H]6C(CSC[C@@H](CC(=O)CCOCCOCCC(C)=O)C(=O)NCCS)O[C@@H](O[C@H]7C(CO)O[C@@H](O[C@H]8C(CO)O[C@@](O)(O[C@@H]1[C@H](O)C2O)C(O)[C@H]8O)C(O)[C@H]7O)C(O)[C@H]6O)C(O)[C@H]5O)C(O)[C@H]4O)C(O)[C@H]3O)C(=O)NCCS. The first-order valence-electron chi connectivity index (χ1n) is 35.7. The molecule has 0 spiro atoms. The monoisotopic (exact) mass is 1670 g/mol. The number of carbonyl (C=O) groups is 4. The van der Waals surface area contributed by atoms with Gasteiger partial charge in [-0.3, -0.25) is 19.2 Å². The molecule has 21 fully saturated rings. The second-order valence-electron chi connectivity index (χ2n) is 27.3. The molecule has 21 saturated heterocycles. The Kier molecular flexibility index (Phi) is 37.7. The molecule has 0 aromatic carbocycles. The number of ether oxygens (including phenoxy) is 16. The van der Waals surface area contributed by atoms with Crippen molar-refractivity contribution >= 4 is 72.2 Å². The Balaban J connectivity index is 1.10. The standard InChI is InChI=1S/C63H107N3O40S4/c1-23(72)3-7-91-9-10-92-8-4-25(73)13-24(55(88)65-5-11-107)19-109-21-32-52-38(78)44(84)61(97-32)101-49-30(17-70)95-59(42(82)36(49)76)103-51-31(18-71)105-63(90,54(87)46(51)86)106-53-33(22-110-20-26(64-2)56(89)66-6-12-108)98-62(45(85)39(53)79)102-50-29(16-69)94-58(41(81)35(50)75)99-47-27(14-67)93-57(40(80)34(47)74)100-48-28(15-68)96-60(104-52)43(83)37(48)77/h24,26-54,57-62,64,67-71,74-87,90,107-108H,3-22H2,1-2H3,(H,65,88)(H,66,89)/t24-,26-,27?,28?,29?,30?,31?,32?,33?,34-,35-,36-,37-,38-,39-,40?,41?,42?,43?,44?,45?,46+,47+,48+,49+,50+,51+,52+,53+,54?,57+,58+,59+,60+,61+,62+,63-/m1/s1. The van der Waals surface area contributed by atoms with E-state index in [9.17, 15) is 121 Å². The number of likely N-dealkylation sites (N-methyl/N-ethyl adjacent to an activating group) is 1. The number of amides is 2. The van der Waals surface area contributed by atoms with Crippen LogP contribution in [0.2, 0.25) is 0 Å². The molecule has 21 aliphatic heterocycles. The van der Waals surface area contributed by atoms with E-state index in [1.165, 1.54) is 14.0 Å². The molecular formula is C63H107N3O40S4. The Bertz CT molecular complexity index is 2800. The first-order valence-corrected chi connectivity index (χ1v) is 39.3. The van der Waals surface area contributed by atoms with Gasteiger partial charge in [-0.05, 0) is 14.0 Å². The lowest BCUT2D eigenvalue weighted by molar-refractivity contribution is -0.480. The molecule has 21 heterocycles. The van der Waals surface area contributed by atoms with E-state index in [1.807, 2.05) is 0 Å². The van der Waals surface area contributed by atoms with Gasteiger partial charge in [-0.25, -0.2) is 0 Å². The molecule has 0 radical (unpaired) electrons. The van der Waals surface area contributed by atoms with E-state index in [4.69, 9.17) is 75.8 Å². The van der Waals surface area contributed by atoms with Crippen molar-refractivity contribution < 1.29 is 197 Å². The van der Waals surface area contributed by atoms with E-state index in [-0.39, 0.29) is 87.6 Å². The molecule has 0 aliphatic carbocycles. The lowest BCUT2D eigenvalue weighted by atomic mass is 9.94. The summed E-state index contributed by atoms with van der Waals surface area (Å²) < 4.78 is 93.7. The number of thiol groups is 2. The molecule has 0 aromatic rings. The lowest BCUT2D eigenvalue weighted by Crippen LogP contribution is -2.71. The van der Waals surface area contributed by atoms with Gasteiger partial charge in [0.25, 0.3) is 0 Å². The van der Waals surface area contributed by atoms with E-state index >= 15 is 0 Å². The average molecular weight is 1670 g/mol. The second-order valence-corrected chi connectivity index (χ2v) is 30.3. The fourth-order valence-corrected chi connectivity index (χ4v) is 15.9. The number of nitrogens with one attached hydrogen (secondary N) is 3. The van der Waals surface area contributed by atoms with Gasteiger partial charge < -0.3 is 194 Å². The predicted octanol–water partition coefficient (Wildman–Crippen LogP) is -13.8. The highest BCUT2D eigenvalue weighted by atomic mass is 32.2. The van der Waals surface area contributed by atoms with Crippen molar-refractivity contribution in [2.75, 3.05) is 114 Å². The summed E-state index contributed by atoms with van der Waals surface area (Å²) in [4.78, 5) is 51.3. The van der Waals surface area contributed by atoms with Gasteiger partial charge in [0.1, 0.15) is 164 Å². The van der Waals surface area contributed by atoms with Crippen molar-refractivity contribution in [3.63, 3.8) is 0 Å². The molecule has 43 nitrogen and oxygen atoms in total. The maximum Gasteiger partial charge on any atom is 0.311 e. The van der Waals surface area contributed by atoms with E-state index in [0.29, 0.717) is 0 Å². The number of carbonyl (C=O) groups excluding carboxylic acids is 4. The maximum absolute atomic E-state index is 13.7. The number of ketones is 2. The molecule has 0 aromatic heterocycles. The van der Waals surface area contributed by atoms with Crippen LogP contribution in [0.25, 0.3) is 0 Å². The van der Waals surface area contributed by atoms with Gasteiger partial charge in [0.2, 0.25) is 11.8 Å². The number of thioether (sulfide) groups is 2. The van der Waals surface area contributed by atoms with Crippen LogP contribution >= 0.6 is 48.8 Å². The van der Waals surface area contributed by atoms with Gasteiger partial charge in [0.05, 0.1) is 83.6 Å². The van der Waals surface area contributed by atoms with Crippen molar-refractivity contribution in [1.29, 1.82) is 0 Å². The average Bonchev–Trinajstić information content (AvgIpc) is 0.752. The van der Waals surface area contributed by atoms with Crippen molar-refractivity contribution in [2.45, 2.75) is 247 Å². The molecule has 21 aliphatic rings. The van der Waals surface area contributed by atoms with Crippen LogP contribution in [0.3, 0.4) is 0 Å². The van der Waals surface area contributed by atoms with Crippen LogP contribution in [0.15, 0.2) is 0 Å². The third-order valence-corrected chi connectivity index (χ3v) is 22.3. The number of hydrogen-bond acceptors (Lipinski definition) is 45. The van der Waals surface area contributed by atoms with Crippen molar-refractivity contribution in [2.24, 2.45) is 5.92 Å². The largest absolute Gasteiger partial charge is 0.394 e. The zero-order chi connectivity index (χ0) is 80.6. The Hall–Kier alpha value is -1.80. The topological polar surface area (TPSA) is 657 Å². The summed E-state index contributed by atoms with van der Waals surface area (Å²) in [7, 11) is 1.47. The molecular weight excluding hydrogens is 1570 g/mol. The Morgan fingerprint density at radius 3 is 1.10 bits per heavy atom. The lowest BCUT2D eigenvalue weighted by Gasteiger charge is -2.52. The summed E-state index contributed by atoms with van der Waals surface area (Å²) in [6, 6.07) is -0.917. The van der Waals surface area contributed by atoms with Crippen LogP contribution < -0.4 is 16.0 Å². The zero-order valence-electron chi connectivity index (χ0n) is 59.7. The first kappa shape index (κ1) is 93.7.